The molecule has 0 aliphatic heterocycles. The Morgan fingerprint density at radius 1 is 1.40 bits per heavy atom. The van der Waals surface area contributed by atoms with Gasteiger partial charge in [-0.3, -0.25) is 10.1 Å². The Morgan fingerprint density at radius 2 is 2.00 bits per heavy atom. The van der Waals surface area contributed by atoms with Crippen molar-refractivity contribution < 1.29 is 29.1 Å². The number of nitro groups is 1. The van der Waals surface area contributed by atoms with E-state index >= 15 is 0 Å². The van der Waals surface area contributed by atoms with Crippen molar-refractivity contribution in [2.24, 2.45) is 0 Å². The molecule has 0 aromatic heterocycles. The molecule has 0 aliphatic carbocycles. The molecule has 0 spiro atoms. The number of non-ortho nitro benzene ring substituents is 1. The quantitative estimate of drug-likeness (QED) is 0.489. The summed E-state index contributed by atoms with van der Waals surface area (Å²) in [4.78, 5) is 10.0. The van der Waals surface area contributed by atoms with Gasteiger partial charge in [0.15, 0.2) is 0 Å². The first-order valence-corrected chi connectivity index (χ1v) is 4.42. The van der Waals surface area contributed by atoms with Gasteiger partial charge in [-0.15, -0.1) is 0 Å². The molecule has 0 amide bonds. The fraction of sp³-hybridized carbons (Fsp3) is 0.400. The summed E-state index contributed by atoms with van der Waals surface area (Å²) in [6.07, 6.45) is 0.0788. The van der Waals surface area contributed by atoms with E-state index in [9.17, 15) is 10.1 Å². The van der Waals surface area contributed by atoms with E-state index in [0.29, 0.717) is 5.75 Å². The zero-order valence-electron chi connectivity index (χ0n) is 8.83. The van der Waals surface area contributed by atoms with E-state index in [-0.39, 0.29) is 31.3 Å². The Morgan fingerprint density at radius 3 is 2.40 bits per heavy atom. The summed E-state index contributed by atoms with van der Waals surface area (Å²) in [5.41, 5.74) is 0.881. The molecule has 5 heteroatoms. The maximum absolute atomic E-state index is 10.5. The van der Waals surface area contributed by atoms with Crippen molar-refractivity contribution in [2.45, 2.75) is 26.9 Å². The maximum atomic E-state index is 10.5. The molecule has 0 bridgehead atoms. The molecule has 1 aromatic carbocycles. The Labute approximate surface area is 102 Å². The van der Waals surface area contributed by atoms with Crippen molar-refractivity contribution in [3.05, 3.63) is 33.9 Å². The molecule has 4 nitrogen and oxygen atoms in total. The minimum absolute atomic E-state index is 0. The summed E-state index contributed by atoms with van der Waals surface area (Å²) in [7, 11) is 0. The van der Waals surface area contributed by atoms with Gasteiger partial charge >= 0.3 is 0 Å². The molecule has 1 aromatic rings. The molecule has 15 heavy (non-hydrogen) atoms. The summed E-state index contributed by atoms with van der Waals surface area (Å²) >= 11 is 0. The van der Waals surface area contributed by atoms with Crippen LogP contribution in [-0.2, 0) is 19.5 Å². The van der Waals surface area contributed by atoms with E-state index < -0.39 is 4.92 Å². The van der Waals surface area contributed by atoms with E-state index in [1.165, 1.54) is 12.1 Å². The predicted molar refractivity (Wildman–Crippen MR) is 53.6 cm³/mol. The normalized spacial score (nSPS) is 9.60. The van der Waals surface area contributed by atoms with Crippen LogP contribution >= 0.6 is 0 Å². The van der Waals surface area contributed by atoms with E-state index in [2.05, 4.69) is 0 Å². The van der Waals surface area contributed by atoms with Crippen molar-refractivity contribution in [1.29, 1.82) is 0 Å². The summed E-state index contributed by atoms with van der Waals surface area (Å²) in [6.45, 7) is 5.63. The first-order valence-electron chi connectivity index (χ1n) is 4.42. The molecular formula is C10H13NO3Ru. The van der Waals surface area contributed by atoms with Crippen LogP contribution in [0.5, 0.6) is 5.75 Å². The minimum Gasteiger partial charge on any atom is -0.491 e. The van der Waals surface area contributed by atoms with Crippen LogP contribution in [0.4, 0.5) is 5.69 Å². The molecule has 84 valence electrons. The molecule has 0 atom stereocenters. The average molecular weight is 296 g/mol. The molecule has 0 radical (unpaired) electrons. The third-order valence-corrected chi connectivity index (χ3v) is 1.73. The van der Waals surface area contributed by atoms with Crippen molar-refractivity contribution in [1.82, 2.24) is 0 Å². The van der Waals surface area contributed by atoms with Gasteiger partial charge in [0.2, 0.25) is 0 Å². The average Bonchev–Trinajstić information content (AvgIpc) is 2.07. The van der Waals surface area contributed by atoms with Gasteiger partial charge in [-0.05, 0) is 32.4 Å². The first-order chi connectivity index (χ1) is 6.50. The van der Waals surface area contributed by atoms with Gasteiger partial charge in [-0.1, -0.05) is 0 Å². The van der Waals surface area contributed by atoms with Crippen LogP contribution in [0.25, 0.3) is 0 Å². The third-order valence-electron chi connectivity index (χ3n) is 1.73. The number of nitro benzene ring substituents is 1. The summed E-state index contributed by atoms with van der Waals surface area (Å²) in [5.74, 6) is 0.700. The molecule has 0 saturated heterocycles. The third kappa shape index (κ3) is 3.96. The SMILES string of the molecule is Cc1cc([N+](=O)[O-])ccc1OC(C)C.[Ru]. The van der Waals surface area contributed by atoms with Gasteiger partial charge < -0.3 is 4.74 Å². The van der Waals surface area contributed by atoms with Crippen molar-refractivity contribution in [2.75, 3.05) is 0 Å². The second-order valence-corrected chi connectivity index (χ2v) is 3.37. The number of aryl methyl sites for hydroxylation is 1. The van der Waals surface area contributed by atoms with E-state index in [4.69, 9.17) is 4.74 Å². The monoisotopic (exact) mass is 297 g/mol. The molecule has 0 saturated carbocycles. The van der Waals surface area contributed by atoms with E-state index in [1.54, 1.807) is 13.0 Å². The Balaban J connectivity index is 0.00000196. The number of benzene rings is 1. The Kier molecular flexibility index (Phi) is 5.44. The smallest absolute Gasteiger partial charge is 0.269 e. The molecular weight excluding hydrogens is 283 g/mol. The van der Waals surface area contributed by atoms with Gasteiger partial charge in [-0.2, -0.15) is 0 Å². The van der Waals surface area contributed by atoms with Crippen LogP contribution in [0, 0.1) is 17.0 Å². The second-order valence-electron chi connectivity index (χ2n) is 3.37. The largest absolute Gasteiger partial charge is 0.491 e. The predicted octanol–water partition coefficient (Wildman–Crippen LogP) is 2.69. The minimum atomic E-state index is -0.411. The Bertz CT molecular complexity index is 353. The topological polar surface area (TPSA) is 52.4 Å². The zero-order valence-corrected chi connectivity index (χ0v) is 10.6. The summed E-state index contributed by atoms with van der Waals surface area (Å²) in [5, 5.41) is 10.5. The Hall–Kier alpha value is -0.957. The fourth-order valence-corrected chi connectivity index (χ4v) is 1.13. The molecule has 1 rings (SSSR count). The molecule has 0 unspecified atom stereocenters. The van der Waals surface area contributed by atoms with Gasteiger partial charge in [0.1, 0.15) is 5.75 Å². The standard InChI is InChI=1S/C10H13NO3.Ru/c1-7(2)14-10-5-4-9(11(12)13)6-8(10)3;/h4-7H,1-3H3;. The van der Waals surface area contributed by atoms with Crippen molar-refractivity contribution >= 4 is 5.69 Å². The molecule has 0 fully saturated rings. The number of hydrogen-bond donors (Lipinski definition) is 0. The zero-order chi connectivity index (χ0) is 10.7. The summed E-state index contributed by atoms with van der Waals surface area (Å²) < 4.78 is 5.46. The van der Waals surface area contributed by atoms with Gasteiger partial charge in [0, 0.05) is 31.6 Å². The molecule has 0 aliphatic rings. The number of rotatable bonds is 3. The second kappa shape index (κ2) is 5.81. The van der Waals surface area contributed by atoms with Crippen LogP contribution < -0.4 is 4.74 Å². The molecule has 0 N–H and O–H groups in total. The van der Waals surface area contributed by atoms with Crippen molar-refractivity contribution in [3.63, 3.8) is 0 Å². The summed E-state index contributed by atoms with van der Waals surface area (Å²) in [6, 6.07) is 4.59. The van der Waals surface area contributed by atoms with E-state index in [0.717, 1.165) is 5.56 Å². The van der Waals surface area contributed by atoms with Crippen LogP contribution in [-0.4, -0.2) is 11.0 Å². The maximum Gasteiger partial charge on any atom is 0.269 e. The van der Waals surface area contributed by atoms with Gasteiger partial charge in [0.25, 0.3) is 5.69 Å². The number of hydrogen-bond acceptors (Lipinski definition) is 3. The fourth-order valence-electron chi connectivity index (χ4n) is 1.13. The van der Waals surface area contributed by atoms with Crippen LogP contribution in [0.1, 0.15) is 19.4 Å². The number of nitrogens with zero attached hydrogens (tertiary/aromatic N) is 1. The number of ether oxygens (including phenoxy) is 1. The van der Waals surface area contributed by atoms with Crippen LogP contribution in [0.15, 0.2) is 18.2 Å². The van der Waals surface area contributed by atoms with Gasteiger partial charge in [0.05, 0.1) is 11.0 Å². The van der Waals surface area contributed by atoms with Crippen molar-refractivity contribution in [3.8, 4) is 5.75 Å². The van der Waals surface area contributed by atoms with Crippen LogP contribution in [0.2, 0.25) is 0 Å². The first kappa shape index (κ1) is 14.0. The molecule has 0 heterocycles. The van der Waals surface area contributed by atoms with Crippen LogP contribution in [0.3, 0.4) is 0 Å². The van der Waals surface area contributed by atoms with E-state index in [1.807, 2.05) is 13.8 Å². The van der Waals surface area contributed by atoms with Gasteiger partial charge in [-0.25, -0.2) is 0 Å².